The molecule has 3 nitrogen and oxygen atoms in total. The minimum atomic E-state index is 0.257. The van der Waals surface area contributed by atoms with Gasteiger partial charge in [-0.2, -0.15) is 0 Å². The van der Waals surface area contributed by atoms with E-state index in [-0.39, 0.29) is 6.10 Å². The molecular weight excluding hydrogens is 212 g/mol. The smallest absolute Gasteiger partial charge is 0.0741 e. The molecule has 3 N–H and O–H groups in total. The number of hydrogen-bond acceptors (Lipinski definition) is 3. The third-order valence-corrected chi connectivity index (χ3v) is 4.10. The van der Waals surface area contributed by atoms with E-state index in [1.54, 1.807) is 0 Å². The van der Waals surface area contributed by atoms with Crippen LogP contribution in [0.2, 0.25) is 0 Å². The van der Waals surface area contributed by atoms with Crippen molar-refractivity contribution in [2.45, 2.75) is 65.5 Å². The van der Waals surface area contributed by atoms with Crippen molar-refractivity contribution in [3.8, 4) is 0 Å². The number of rotatable bonds is 6. The van der Waals surface area contributed by atoms with Crippen LogP contribution in [0.1, 0.15) is 53.4 Å². The summed E-state index contributed by atoms with van der Waals surface area (Å²) in [7, 11) is 0. The molecule has 1 rings (SSSR count). The normalized spacial score (nSPS) is 33.4. The molecule has 0 saturated heterocycles. The summed E-state index contributed by atoms with van der Waals surface area (Å²) in [6.45, 7) is 9.73. The summed E-state index contributed by atoms with van der Waals surface area (Å²) in [6.07, 6.45) is 5.21. The van der Waals surface area contributed by atoms with E-state index in [4.69, 9.17) is 10.6 Å². The molecule has 0 aromatic heterocycles. The van der Waals surface area contributed by atoms with Gasteiger partial charge in [0.15, 0.2) is 0 Å². The van der Waals surface area contributed by atoms with Gasteiger partial charge in [-0.3, -0.25) is 11.3 Å². The number of nitrogens with two attached hydrogens (primary N) is 1. The van der Waals surface area contributed by atoms with Crippen LogP contribution in [0.4, 0.5) is 0 Å². The van der Waals surface area contributed by atoms with Crippen molar-refractivity contribution in [2.75, 3.05) is 6.61 Å². The molecule has 4 atom stereocenters. The molecule has 1 fully saturated rings. The van der Waals surface area contributed by atoms with Crippen LogP contribution in [0.3, 0.4) is 0 Å². The van der Waals surface area contributed by atoms with E-state index in [0.717, 1.165) is 24.9 Å². The summed E-state index contributed by atoms with van der Waals surface area (Å²) in [4.78, 5) is 0. The summed E-state index contributed by atoms with van der Waals surface area (Å²) in [6, 6.07) is 0.310. The van der Waals surface area contributed by atoms with Crippen LogP contribution < -0.4 is 11.3 Å². The van der Waals surface area contributed by atoms with E-state index in [9.17, 15) is 0 Å². The molecule has 4 unspecified atom stereocenters. The molecular formula is C14H30N2O. The van der Waals surface area contributed by atoms with Crippen LogP contribution >= 0.6 is 0 Å². The number of ether oxygens (including phenoxy) is 1. The van der Waals surface area contributed by atoms with Gasteiger partial charge >= 0.3 is 0 Å². The maximum absolute atomic E-state index is 5.83. The lowest BCUT2D eigenvalue weighted by Gasteiger charge is -2.39. The van der Waals surface area contributed by atoms with Gasteiger partial charge in [-0.25, -0.2) is 0 Å². The fraction of sp³-hybridized carbons (Fsp3) is 1.00. The first-order valence-corrected chi connectivity index (χ1v) is 7.20. The van der Waals surface area contributed by atoms with Crippen LogP contribution in [0.25, 0.3) is 0 Å². The molecule has 0 heterocycles. The van der Waals surface area contributed by atoms with Gasteiger partial charge in [0.1, 0.15) is 0 Å². The molecule has 3 heteroatoms. The zero-order valence-electron chi connectivity index (χ0n) is 11.9. The van der Waals surface area contributed by atoms with Crippen LogP contribution in [0.5, 0.6) is 0 Å². The largest absolute Gasteiger partial charge is 0.377 e. The molecule has 1 aliphatic carbocycles. The summed E-state index contributed by atoms with van der Waals surface area (Å²) >= 11 is 0. The Kier molecular flexibility index (Phi) is 6.45. The van der Waals surface area contributed by atoms with Gasteiger partial charge in [0.05, 0.1) is 12.1 Å². The van der Waals surface area contributed by atoms with E-state index in [2.05, 4.69) is 33.1 Å². The van der Waals surface area contributed by atoms with Gasteiger partial charge in [-0.05, 0) is 50.4 Å². The van der Waals surface area contributed by atoms with Crippen molar-refractivity contribution in [3.05, 3.63) is 0 Å². The van der Waals surface area contributed by atoms with Crippen molar-refractivity contribution in [3.63, 3.8) is 0 Å². The minimum absolute atomic E-state index is 0.257. The first-order chi connectivity index (χ1) is 8.12. The molecule has 0 spiro atoms. The van der Waals surface area contributed by atoms with Crippen molar-refractivity contribution in [1.29, 1.82) is 0 Å². The maximum atomic E-state index is 5.83. The molecule has 1 saturated carbocycles. The Balaban J connectivity index is 2.64. The van der Waals surface area contributed by atoms with Crippen LogP contribution in [-0.4, -0.2) is 18.8 Å². The fourth-order valence-corrected chi connectivity index (χ4v) is 3.54. The highest BCUT2D eigenvalue weighted by molar-refractivity contribution is 4.87. The molecule has 0 amide bonds. The summed E-state index contributed by atoms with van der Waals surface area (Å²) in [5.41, 5.74) is 3.02. The minimum Gasteiger partial charge on any atom is -0.377 e. The predicted octanol–water partition coefficient (Wildman–Crippen LogP) is 2.71. The van der Waals surface area contributed by atoms with Crippen LogP contribution in [0.15, 0.2) is 0 Å². The summed E-state index contributed by atoms with van der Waals surface area (Å²) in [5.74, 6) is 8.07. The van der Waals surface area contributed by atoms with Gasteiger partial charge in [0.2, 0.25) is 0 Å². The van der Waals surface area contributed by atoms with Gasteiger partial charge in [-0.1, -0.05) is 20.8 Å². The Morgan fingerprint density at radius 1 is 1.18 bits per heavy atom. The number of hydrazine groups is 1. The van der Waals surface area contributed by atoms with E-state index in [0.29, 0.717) is 12.0 Å². The summed E-state index contributed by atoms with van der Waals surface area (Å²) in [5, 5.41) is 0. The SMILES string of the molecule is CCOC(CC)C(NN)C1CC(C)CC(C)C1. The lowest BCUT2D eigenvalue weighted by Crippen LogP contribution is -2.51. The van der Waals surface area contributed by atoms with Crippen LogP contribution in [-0.2, 0) is 4.74 Å². The molecule has 0 aliphatic heterocycles. The second-order valence-electron chi connectivity index (χ2n) is 5.77. The Morgan fingerprint density at radius 3 is 2.18 bits per heavy atom. The average Bonchev–Trinajstić information content (AvgIpc) is 2.27. The Hall–Kier alpha value is -0.120. The molecule has 0 aromatic rings. The van der Waals surface area contributed by atoms with Gasteiger partial charge < -0.3 is 4.74 Å². The Morgan fingerprint density at radius 2 is 1.76 bits per heavy atom. The summed E-state index contributed by atoms with van der Waals surface area (Å²) < 4.78 is 5.83. The van der Waals surface area contributed by atoms with Crippen molar-refractivity contribution in [1.82, 2.24) is 5.43 Å². The second-order valence-corrected chi connectivity index (χ2v) is 5.77. The quantitative estimate of drug-likeness (QED) is 0.556. The first kappa shape index (κ1) is 14.9. The first-order valence-electron chi connectivity index (χ1n) is 7.20. The zero-order valence-corrected chi connectivity index (χ0v) is 11.9. The third kappa shape index (κ3) is 4.23. The molecule has 0 radical (unpaired) electrons. The lowest BCUT2D eigenvalue weighted by atomic mass is 9.72. The Labute approximate surface area is 106 Å². The predicted molar refractivity (Wildman–Crippen MR) is 72.5 cm³/mol. The van der Waals surface area contributed by atoms with Crippen molar-refractivity contribution < 1.29 is 4.74 Å². The highest BCUT2D eigenvalue weighted by atomic mass is 16.5. The van der Waals surface area contributed by atoms with Gasteiger partial charge in [0, 0.05) is 6.61 Å². The highest BCUT2D eigenvalue weighted by Crippen LogP contribution is 2.36. The molecule has 102 valence electrons. The monoisotopic (exact) mass is 242 g/mol. The van der Waals surface area contributed by atoms with Crippen molar-refractivity contribution >= 4 is 0 Å². The number of hydrogen-bond donors (Lipinski definition) is 2. The lowest BCUT2D eigenvalue weighted by molar-refractivity contribution is 0.00154. The zero-order chi connectivity index (χ0) is 12.8. The van der Waals surface area contributed by atoms with E-state index in [1.807, 2.05) is 0 Å². The van der Waals surface area contributed by atoms with E-state index < -0.39 is 0 Å². The molecule has 0 aromatic carbocycles. The molecule has 17 heavy (non-hydrogen) atoms. The second kappa shape index (κ2) is 7.34. The van der Waals surface area contributed by atoms with E-state index in [1.165, 1.54) is 19.3 Å². The average molecular weight is 242 g/mol. The highest BCUT2D eigenvalue weighted by Gasteiger charge is 2.33. The van der Waals surface area contributed by atoms with Crippen LogP contribution in [0, 0.1) is 17.8 Å². The Bertz CT molecular complexity index is 200. The topological polar surface area (TPSA) is 47.3 Å². The standard InChI is InChI=1S/C14H30N2O/c1-5-13(17-6-2)14(16-15)12-8-10(3)7-11(4)9-12/h10-14,16H,5-9,15H2,1-4H3. The molecule has 1 aliphatic rings. The third-order valence-electron chi connectivity index (χ3n) is 4.10. The van der Waals surface area contributed by atoms with E-state index >= 15 is 0 Å². The maximum Gasteiger partial charge on any atom is 0.0741 e. The van der Waals surface area contributed by atoms with Crippen molar-refractivity contribution in [2.24, 2.45) is 23.6 Å². The fourth-order valence-electron chi connectivity index (χ4n) is 3.54. The molecule has 0 bridgehead atoms. The van der Waals surface area contributed by atoms with Gasteiger partial charge in [0.25, 0.3) is 0 Å². The van der Waals surface area contributed by atoms with Gasteiger partial charge in [-0.15, -0.1) is 0 Å². The number of nitrogens with one attached hydrogen (secondary N) is 1.